The van der Waals surface area contributed by atoms with E-state index in [1.807, 2.05) is 12.3 Å². The Morgan fingerprint density at radius 3 is 2.25 bits per heavy atom. The fourth-order valence-corrected chi connectivity index (χ4v) is 7.24. The van der Waals surface area contributed by atoms with Crippen LogP contribution in [0.15, 0.2) is 85.1 Å². The van der Waals surface area contributed by atoms with Gasteiger partial charge in [0.25, 0.3) is 0 Å². The zero-order valence-corrected chi connectivity index (χ0v) is 33.1. The fourth-order valence-electron chi connectivity index (χ4n) is 7.24. The van der Waals surface area contributed by atoms with E-state index >= 15 is 0 Å². The number of rotatable bonds is 10. The van der Waals surface area contributed by atoms with Gasteiger partial charge in [-0.1, -0.05) is 83.0 Å². The van der Waals surface area contributed by atoms with Gasteiger partial charge in [-0.2, -0.15) is 11.2 Å². The van der Waals surface area contributed by atoms with E-state index < -0.39 is 0 Å². The molecule has 7 rings (SSSR count). The summed E-state index contributed by atoms with van der Waals surface area (Å²) in [5.74, 6) is 2.67. The number of benzene rings is 4. The number of ether oxygens (including phenoxy) is 1. The van der Waals surface area contributed by atoms with Crippen LogP contribution in [-0.2, 0) is 27.5 Å². The van der Waals surface area contributed by atoms with Gasteiger partial charge >= 0.3 is 21.1 Å². The van der Waals surface area contributed by atoms with Crippen LogP contribution in [0.1, 0.15) is 92.9 Å². The third-order valence-corrected chi connectivity index (χ3v) is 9.76. The maximum Gasteiger partial charge on any atom is 2.00 e. The van der Waals surface area contributed by atoms with Crippen LogP contribution < -0.4 is 4.74 Å². The molecule has 0 spiro atoms. The number of nitrogens with zero attached hydrogens (tertiary/aromatic N) is 4. The van der Waals surface area contributed by atoms with Crippen LogP contribution in [0.3, 0.4) is 0 Å². The molecule has 0 aliphatic heterocycles. The average molecular weight is 854 g/mol. The molecule has 0 bridgehead atoms. The number of aromatic nitrogens is 4. The molecule has 0 atom stereocenters. The van der Waals surface area contributed by atoms with Gasteiger partial charge in [0.15, 0.2) is 0 Å². The van der Waals surface area contributed by atoms with Gasteiger partial charge in [-0.05, 0) is 97.0 Å². The second-order valence-electron chi connectivity index (χ2n) is 14.2. The van der Waals surface area contributed by atoms with Crippen molar-refractivity contribution in [1.82, 2.24) is 19.3 Å². The summed E-state index contributed by atoms with van der Waals surface area (Å²) in [5, 5.41) is 7.43. The summed E-state index contributed by atoms with van der Waals surface area (Å²) in [6.07, 6.45) is 5.26. The molecule has 4 aromatic carbocycles. The maximum atomic E-state index is 6.68. The quantitative estimate of drug-likeness (QED) is 0.129. The molecule has 262 valence electrons. The summed E-state index contributed by atoms with van der Waals surface area (Å²) in [4.78, 5) is 4.83. The Morgan fingerprint density at radius 2 is 1.53 bits per heavy atom. The van der Waals surface area contributed by atoms with Gasteiger partial charge < -0.3 is 9.30 Å². The molecule has 0 unspecified atom stereocenters. The summed E-state index contributed by atoms with van der Waals surface area (Å²) >= 11 is 0. The van der Waals surface area contributed by atoms with E-state index in [1.165, 1.54) is 33.5 Å². The Morgan fingerprint density at radius 1 is 0.765 bits per heavy atom. The molecular formula is C45H46N4OPt. The second kappa shape index (κ2) is 15.0. The first-order valence-electron chi connectivity index (χ1n) is 18.0. The van der Waals surface area contributed by atoms with Gasteiger partial charge in [0.1, 0.15) is 5.82 Å². The van der Waals surface area contributed by atoms with Gasteiger partial charge in [-0.3, -0.25) is 4.68 Å². The molecule has 0 saturated heterocycles. The molecule has 0 N–H and O–H groups in total. The number of unbranched alkanes of at least 4 members (excludes halogenated alkanes) is 1. The first-order valence-corrected chi connectivity index (χ1v) is 18.0. The second-order valence-corrected chi connectivity index (χ2v) is 14.2. The third-order valence-electron chi connectivity index (χ3n) is 9.76. The van der Waals surface area contributed by atoms with Crippen LogP contribution in [0.2, 0.25) is 0 Å². The number of fused-ring (bicyclic) bond motifs is 3. The molecule has 3 heterocycles. The van der Waals surface area contributed by atoms with Gasteiger partial charge in [-0.25, -0.2) is 4.98 Å². The molecule has 5 nitrogen and oxygen atoms in total. The minimum Gasteiger partial charge on any atom is -0.509 e. The van der Waals surface area contributed by atoms with Gasteiger partial charge in [0.2, 0.25) is 0 Å². The van der Waals surface area contributed by atoms with Gasteiger partial charge in [-0.15, -0.1) is 41.3 Å². The minimum absolute atomic E-state index is 0. The number of para-hydroxylation sites is 1. The topological polar surface area (TPSA) is 44.9 Å². The first-order chi connectivity index (χ1) is 24.1. The SMILES string of the molecule is CCCCc1ccnc(-n2c3[c-]c(Oc4[c-]c(-n5nc(C)c(-c6c(C)cccc6C)c5C(C)C)cc(C(C)C)c4)ccc3c3ccccc32)c1.[Pt+2]. The van der Waals surface area contributed by atoms with E-state index in [0.29, 0.717) is 11.5 Å². The normalized spacial score (nSPS) is 11.6. The molecule has 7 aromatic rings. The largest absolute Gasteiger partial charge is 2.00 e. The summed E-state index contributed by atoms with van der Waals surface area (Å²) in [5.41, 5.74) is 12.5. The predicted molar refractivity (Wildman–Crippen MR) is 206 cm³/mol. The summed E-state index contributed by atoms with van der Waals surface area (Å²) < 4.78 is 11.0. The van der Waals surface area contributed by atoms with Crippen molar-refractivity contribution < 1.29 is 25.8 Å². The Kier molecular flexibility index (Phi) is 10.7. The van der Waals surface area contributed by atoms with E-state index in [9.17, 15) is 0 Å². The van der Waals surface area contributed by atoms with Crippen molar-refractivity contribution in [2.24, 2.45) is 0 Å². The summed E-state index contributed by atoms with van der Waals surface area (Å²) in [6.45, 7) is 17.6. The van der Waals surface area contributed by atoms with Crippen molar-refractivity contribution in [2.75, 3.05) is 0 Å². The van der Waals surface area contributed by atoms with Crippen molar-refractivity contribution in [3.05, 3.63) is 131 Å². The van der Waals surface area contributed by atoms with E-state index in [4.69, 9.17) is 14.8 Å². The Labute approximate surface area is 317 Å². The van der Waals surface area contributed by atoms with Crippen LogP contribution >= 0.6 is 0 Å². The molecule has 51 heavy (non-hydrogen) atoms. The fraction of sp³-hybridized carbons (Fsp3) is 0.289. The first kappa shape index (κ1) is 36.3. The smallest absolute Gasteiger partial charge is 0.509 e. The molecule has 0 aliphatic rings. The molecule has 6 heteroatoms. The van der Waals surface area contributed by atoms with Crippen molar-refractivity contribution in [1.29, 1.82) is 0 Å². The van der Waals surface area contributed by atoms with Crippen molar-refractivity contribution >= 4 is 21.8 Å². The third kappa shape index (κ3) is 6.94. The molecule has 0 radical (unpaired) electrons. The predicted octanol–water partition coefficient (Wildman–Crippen LogP) is 11.9. The molecule has 0 fully saturated rings. The number of hydrogen-bond acceptors (Lipinski definition) is 3. The van der Waals surface area contributed by atoms with E-state index in [1.54, 1.807) is 0 Å². The monoisotopic (exact) mass is 853 g/mol. The van der Waals surface area contributed by atoms with Crippen LogP contribution in [0, 0.1) is 32.9 Å². The van der Waals surface area contributed by atoms with Gasteiger partial charge in [0, 0.05) is 28.8 Å². The number of aryl methyl sites for hydroxylation is 4. The molecule has 0 amide bonds. The molecule has 0 aliphatic carbocycles. The maximum absolute atomic E-state index is 6.68. The van der Waals surface area contributed by atoms with E-state index in [2.05, 4.69) is 150 Å². The number of hydrogen-bond donors (Lipinski definition) is 0. The van der Waals surface area contributed by atoms with E-state index in [-0.39, 0.29) is 32.9 Å². The standard InChI is InChI=1S/C45H46N4O.Pt/c1-9-10-16-33-21-22-46-42(23-33)48-40-18-12-11-17-38(40)39-20-19-36(27-41(39)48)50-37-25-34(28(2)3)24-35(26-37)49-45(29(4)5)44(32(8)47-49)43-30(6)14-13-15-31(43)7;/h11-15,17-25,28-29H,9-10,16H2,1-8H3;/q-2;+2. The van der Waals surface area contributed by atoms with Crippen LogP contribution in [0.25, 0.3) is 44.4 Å². The Hall–Kier alpha value is -4.47. The van der Waals surface area contributed by atoms with Crippen molar-refractivity contribution in [3.63, 3.8) is 0 Å². The van der Waals surface area contributed by atoms with Crippen LogP contribution in [0.4, 0.5) is 0 Å². The number of pyridine rings is 1. The van der Waals surface area contributed by atoms with E-state index in [0.717, 1.165) is 63.8 Å². The average Bonchev–Trinajstić information content (AvgIpc) is 3.62. The molecule has 3 aromatic heterocycles. The van der Waals surface area contributed by atoms with Gasteiger partial charge in [0.05, 0.1) is 11.4 Å². The molecule has 0 saturated carbocycles. The Bertz CT molecular complexity index is 2320. The summed E-state index contributed by atoms with van der Waals surface area (Å²) in [7, 11) is 0. The van der Waals surface area contributed by atoms with Crippen LogP contribution in [-0.4, -0.2) is 19.3 Å². The van der Waals surface area contributed by atoms with Crippen LogP contribution in [0.5, 0.6) is 11.5 Å². The zero-order valence-electron chi connectivity index (χ0n) is 30.9. The van der Waals surface area contributed by atoms with Crippen molar-refractivity contribution in [3.8, 4) is 34.1 Å². The van der Waals surface area contributed by atoms with Crippen molar-refractivity contribution in [2.45, 2.75) is 86.5 Å². The minimum atomic E-state index is 0. The summed E-state index contributed by atoms with van der Waals surface area (Å²) in [6, 6.07) is 35.0. The molecular weight excluding hydrogens is 808 g/mol. The Balaban J connectivity index is 0.00000448. The zero-order chi connectivity index (χ0) is 35.1.